The van der Waals surface area contributed by atoms with Crippen LogP contribution in [0.4, 0.5) is 9.18 Å². The van der Waals surface area contributed by atoms with E-state index in [0.717, 1.165) is 4.90 Å². The van der Waals surface area contributed by atoms with E-state index >= 15 is 0 Å². The van der Waals surface area contributed by atoms with Crippen LogP contribution in [0.25, 0.3) is 0 Å². The Bertz CT molecular complexity index is 175. The molecule has 11 heavy (non-hydrogen) atoms. The minimum absolute atomic E-state index is 0.0931. The summed E-state index contributed by atoms with van der Waals surface area (Å²) in [6.45, 7) is -0.637. The summed E-state index contributed by atoms with van der Waals surface area (Å²) >= 11 is 0. The maximum absolute atomic E-state index is 13.1. The summed E-state index contributed by atoms with van der Waals surface area (Å²) < 4.78 is 13.1. The molecule has 0 spiro atoms. The van der Waals surface area contributed by atoms with Gasteiger partial charge < -0.3 is 15.1 Å². The number of rotatable bonds is 1. The van der Waals surface area contributed by atoms with Gasteiger partial charge in [-0.2, -0.15) is 0 Å². The Kier molecular flexibility index (Phi) is 1.99. The standard InChI is InChI=1S/C6H10FNO3/c7-6(4-9)1-2-8(3-6)5(10)11/h9H,1-4H2,(H,10,11). The Hall–Kier alpha value is -0.840. The molecule has 4 nitrogen and oxygen atoms in total. The van der Waals surface area contributed by atoms with Gasteiger partial charge in [0.05, 0.1) is 13.2 Å². The Morgan fingerprint density at radius 3 is 2.64 bits per heavy atom. The Balaban J connectivity index is 2.53. The highest BCUT2D eigenvalue weighted by Gasteiger charge is 2.39. The van der Waals surface area contributed by atoms with E-state index in [-0.39, 0.29) is 19.5 Å². The average Bonchev–Trinajstić information content (AvgIpc) is 2.33. The van der Waals surface area contributed by atoms with Crippen LogP contribution in [0.15, 0.2) is 0 Å². The van der Waals surface area contributed by atoms with E-state index in [2.05, 4.69) is 0 Å². The zero-order chi connectivity index (χ0) is 8.48. The van der Waals surface area contributed by atoms with Gasteiger partial charge >= 0.3 is 6.09 Å². The molecule has 1 aliphatic heterocycles. The molecule has 1 aliphatic rings. The van der Waals surface area contributed by atoms with Crippen LogP contribution in [0.2, 0.25) is 0 Å². The number of hydrogen-bond donors (Lipinski definition) is 2. The molecule has 0 bridgehead atoms. The van der Waals surface area contributed by atoms with Gasteiger partial charge in [0.15, 0.2) is 5.67 Å². The first kappa shape index (κ1) is 8.26. The fraction of sp³-hybridized carbons (Fsp3) is 0.833. The summed E-state index contributed by atoms with van der Waals surface area (Å²) in [5.41, 5.74) is -1.71. The minimum Gasteiger partial charge on any atom is -0.465 e. The highest BCUT2D eigenvalue weighted by Crippen LogP contribution is 2.24. The van der Waals surface area contributed by atoms with Gasteiger partial charge in [-0.15, -0.1) is 0 Å². The summed E-state index contributed by atoms with van der Waals surface area (Å²) in [5, 5.41) is 16.9. The number of aliphatic hydroxyl groups excluding tert-OH is 1. The van der Waals surface area contributed by atoms with Gasteiger partial charge in [-0.3, -0.25) is 0 Å². The van der Waals surface area contributed by atoms with Gasteiger partial charge in [-0.05, 0) is 0 Å². The van der Waals surface area contributed by atoms with Crippen molar-refractivity contribution in [1.29, 1.82) is 0 Å². The van der Waals surface area contributed by atoms with Crippen molar-refractivity contribution in [3.8, 4) is 0 Å². The van der Waals surface area contributed by atoms with Crippen LogP contribution in [-0.4, -0.2) is 46.6 Å². The van der Waals surface area contributed by atoms with E-state index < -0.39 is 18.4 Å². The number of carboxylic acid groups (broad SMARTS) is 1. The quantitative estimate of drug-likeness (QED) is 0.575. The van der Waals surface area contributed by atoms with E-state index in [1.807, 2.05) is 0 Å². The van der Waals surface area contributed by atoms with Crippen LogP contribution < -0.4 is 0 Å². The molecule has 0 aromatic heterocycles. The van der Waals surface area contributed by atoms with Crippen molar-refractivity contribution in [2.24, 2.45) is 0 Å². The fourth-order valence-electron chi connectivity index (χ4n) is 1.13. The predicted molar refractivity (Wildman–Crippen MR) is 35.1 cm³/mol. The molecule has 1 heterocycles. The number of halogens is 1. The number of hydrogen-bond acceptors (Lipinski definition) is 2. The van der Waals surface area contributed by atoms with Crippen molar-refractivity contribution in [2.75, 3.05) is 19.7 Å². The van der Waals surface area contributed by atoms with Crippen LogP contribution >= 0.6 is 0 Å². The highest BCUT2D eigenvalue weighted by atomic mass is 19.1. The Labute approximate surface area is 63.2 Å². The predicted octanol–water partition coefficient (Wildman–Crippen LogP) is 0.0707. The van der Waals surface area contributed by atoms with Crippen molar-refractivity contribution in [1.82, 2.24) is 4.90 Å². The van der Waals surface area contributed by atoms with Crippen LogP contribution in [0, 0.1) is 0 Å². The molecular formula is C6H10FNO3. The molecule has 5 heteroatoms. The minimum atomic E-state index is -1.71. The average molecular weight is 163 g/mol. The van der Waals surface area contributed by atoms with Crippen LogP contribution in [0.1, 0.15) is 6.42 Å². The highest BCUT2D eigenvalue weighted by molar-refractivity contribution is 5.65. The Morgan fingerprint density at radius 1 is 1.73 bits per heavy atom. The molecule has 0 aromatic carbocycles. The lowest BCUT2D eigenvalue weighted by molar-refractivity contribution is 0.0761. The normalized spacial score (nSPS) is 30.9. The number of likely N-dealkylation sites (tertiary alicyclic amines) is 1. The van der Waals surface area contributed by atoms with Gasteiger partial charge in [0, 0.05) is 13.0 Å². The topological polar surface area (TPSA) is 60.8 Å². The second-order valence-electron chi connectivity index (χ2n) is 2.76. The van der Waals surface area contributed by atoms with Gasteiger partial charge in [-0.1, -0.05) is 0 Å². The second-order valence-corrected chi connectivity index (χ2v) is 2.76. The van der Waals surface area contributed by atoms with E-state index in [9.17, 15) is 9.18 Å². The number of amides is 1. The maximum atomic E-state index is 13.1. The van der Waals surface area contributed by atoms with Crippen LogP contribution in [-0.2, 0) is 0 Å². The Morgan fingerprint density at radius 2 is 2.36 bits per heavy atom. The lowest BCUT2D eigenvalue weighted by Gasteiger charge is -2.15. The molecule has 1 amide bonds. The smallest absolute Gasteiger partial charge is 0.407 e. The molecule has 0 radical (unpaired) electrons. The third-order valence-electron chi connectivity index (χ3n) is 1.86. The van der Waals surface area contributed by atoms with Crippen molar-refractivity contribution < 1.29 is 19.4 Å². The largest absolute Gasteiger partial charge is 0.465 e. The SMILES string of the molecule is O=C(O)N1CCC(F)(CO)C1. The molecular weight excluding hydrogens is 153 g/mol. The molecule has 1 rings (SSSR count). The molecule has 64 valence electrons. The lowest BCUT2D eigenvalue weighted by atomic mass is 10.1. The number of nitrogens with zero attached hydrogens (tertiary/aromatic N) is 1. The first-order valence-electron chi connectivity index (χ1n) is 3.35. The third kappa shape index (κ3) is 1.59. The molecule has 2 N–H and O–H groups in total. The molecule has 1 unspecified atom stereocenters. The number of carbonyl (C=O) groups is 1. The van der Waals surface area contributed by atoms with Gasteiger partial charge in [-0.25, -0.2) is 9.18 Å². The molecule has 0 saturated carbocycles. The monoisotopic (exact) mass is 163 g/mol. The summed E-state index contributed by atoms with van der Waals surface area (Å²) in [6.07, 6.45) is -1.03. The summed E-state index contributed by atoms with van der Waals surface area (Å²) in [7, 11) is 0. The van der Waals surface area contributed by atoms with Gasteiger partial charge in [0.2, 0.25) is 0 Å². The van der Waals surface area contributed by atoms with Crippen molar-refractivity contribution >= 4 is 6.09 Å². The number of alkyl halides is 1. The fourth-order valence-corrected chi connectivity index (χ4v) is 1.13. The lowest BCUT2D eigenvalue weighted by Crippen LogP contribution is -2.34. The molecule has 1 saturated heterocycles. The van der Waals surface area contributed by atoms with Crippen molar-refractivity contribution in [3.05, 3.63) is 0 Å². The van der Waals surface area contributed by atoms with Crippen LogP contribution in [0.5, 0.6) is 0 Å². The zero-order valence-corrected chi connectivity index (χ0v) is 5.96. The summed E-state index contributed by atoms with van der Waals surface area (Å²) in [5.74, 6) is 0. The van der Waals surface area contributed by atoms with E-state index in [4.69, 9.17) is 10.2 Å². The first-order valence-corrected chi connectivity index (χ1v) is 3.35. The second kappa shape index (κ2) is 2.65. The summed E-state index contributed by atoms with van der Waals surface area (Å²) in [6, 6.07) is 0. The third-order valence-corrected chi connectivity index (χ3v) is 1.86. The van der Waals surface area contributed by atoms with Gasteiger partial charge in [0.1, 0.15) is 0 Å². The van der Waals surface area contributed by atoms with Crippen LogP contribution in [0.3, 0.4) is 0 Å². The van der Waals surface area contributed by atoms with E-state index in [1.54, 1.807) is 0 Å². The van der Waals surface area contributed by atoms with E-state index in [0.29, 0.717) is 0 Å². The molecule has 0 aliphatic carbocycles. The molecule has 1 fully saturated rings. The first-order chi connectivity index (χ1) is 5.07. The van der Waals surface area contributed by atoms with Crippen molar-refractivity contribution in [3.63, 3.8) is 0 Å². The van der Waals surface area contributed by atoms with Gasteiger partial charge in [0.25, 0.3) is 0 Å². The van der Waals surface area contributed by atoms with Crippen molar-refractivity contribution in [2.45, 2.75) is 12.1 Å². The zero-order valence-electron chi connectivity index (χ0n) is 5.96. The molecule has 0 aromatic rings. The number of aliphatic hydroxyl groups is 1. The molecule has 1 atom stereocenters. The van der Waals surface area contributed by atoms with E-state index in [1.165, 1.54) is 0 Å². The maximum Gasteiger partial charge on any atom is 0.407 e. The summed E-state index contributed by atoms with van der Waals surface area (Å²) in [4.78, 5) is 11.3.